The van der Waals surface area contributed by atoms with Gasteiger partial charge in [0.05, 0.1) is 6.61 Å². The van der Waals surface area contributed by atoms with Gasteiger partial charge in [-0.05, 0) is 32.3 Å². The molecule has 1 aromatic carbocycles. The van der Waals surface area contributed by atoms with Crippen molar-refractivity contribution >= 4 is 23.2 Å². The van der Waals surface area contributed by atoms with Crippen LogP contribution < -0.4 is 4.74 Å². The molecule has 5 heteroatoms. The second-order valence-electron chi connectivity index (χ2n) is 3.32. The maximum Gasteiger partial charge on any atom is 0.175 e. The van der Waals surface area contributed by atoms with Crippen LogP contribution in [0.5, 0.6) is 5.75 Å². The van der Waals surface area contributed by atoms with Gasteiger partial charge in [-0.15, -0.1) is 0 Å². The molecule has 1 rings (SSSR count). The average molecular weight is 250 g/mol. The Morgan fingerprint density at radius 2 is 1.80 bits per heavy atom. The normalized spacial score (nSPS) is 12.9. The summed E-state index contributed by atoms with van der Waals surface area (Å²) in [4.78, 5) is 1.76. The number of likely N-dealkylation sites (N-methyl/N-ethyl adjacent to an activating group) is 1. The minimum atomic E-state index is -0.403. The lowest BCUT2D eigenvalue weighted by Crippen LogP contribution is -2.36. The molecule has 0 aliphatic heterocycles. The molecule has 15 heavy (non-hydrogen) atoms. The van der Waals surface area contributed by atoms with Gasteiger partial charge in [-0.1, -0.05) is 23.2 Å². The molecule has 0 saturated heterocycles. The fourth-order valence-corrected chi connectivity index (χ4v) is 1.57. The minimum absolute atomic E-state index is 0.100. The highest BCUT2D eigenvalue weighted by Crippen LogP contribution is 2.25. The van der Waals surface area contributed by atoms with Crippen LogP contribution in [-0.2, 0) is 0 Å². The van der Waals surface area contributed by atoms with Crippen LogP contribution in [0.25, 0.3) is 0 Å². The van der Waals surface area contributed by atoms with Crippen LogP contribution in [0.15, 0.2) is 18.2 Å². The number of aliphatic hydroxyl groups is 1. The highest BCUT2D eigenvalue weighted by atomic mass is 35.5. The highest BCUT2D eigenvalue weighted by molar-refractivity contribution is 6.34. The van der Waals surface area contributed by atoms with Crippen LogP contribution in [-0.4, -0.2) is 36.9 Å². The summed E-state index contributed by atoms with van der Waals surface area (Å²) in [6.45, 7) is -0.100. The molecule has 0 amide bonds. The molecule has 0 aliphatic rings. The molecule has 0 aromatic heterocycles. The predicted molar refractivity (Wildman–Crippen MR) is 61.7 cm³/mol. The molecule has 0 bridgehead atoms. The molecular formula is C10H13Cl2NO2. The van der Waals surface area contributed by atoms with Crippen molar-refractivity contribution < 1.29 is 9.84 Å². The Hall–Kier alpha value is -0.480. The first-order valence-electron chi connectivity index (χ1n) is 4.43. The molecule has 1 atom stereocenters. The summed E-state index contributed by atoms with van der Waals surface area (Å²) < 4.78 is 5.49. The first-order valence-corrected chi connectivity index (χ1v) is 5.18. The van der Waals surface area contributed by atoms with Gasteiger partial charge in [-0.3, -0.25) is 4.90 Å². The molecule has 1 unspecified atom stereocenters. The number of hydrogen-bond acceptors (Lipinski definition) is 3. The molecule has 0 heterocycles. The van der Waals surface area contributed by atoms with E-state index in [9.17, 15) is 0 Å². The van der Waals surface area contributed by atoms with E-state index in [1.54, 1.807) is 23.1 Å². The zero-order valence-electron chi connectivity index (χ0n) is 8.58. The number of rotatable bonds is 4. The number of aliphatic hydroxyl groups excluding tert-OH is 1. The topological polar surface area (TPSA) is 32.7 Å². The summed E-state index contributed by atoms with van der Waals surface area (Å²) in [5, 5.41) is 10.1. The summed E-state index contributed by atoms with van der Waals surface area (Å²) in [5.41, 5.74) is 0. The van der Waals surface area contributed by atoms with Crippen molar-refractivity contribution in [3.05, 3.63) is 28.2 Å². The Balaban J connectivity index is 2.79. The van der Waals surface area contributed by atoms with Gasteiger partial charge in [0.2, 0.25) is 0 Å². The van der Waals surface area contributed by atoms with Gasteiger partial charge in [0, 0.05) is 10.0 Å². The van der Waals surface area contributed by atoms with Crippen molar-refractivity contribution in [2.24, 2.45) is 0 Å². The van der Waals surface area contributed by atoms with Gasteiger partial charge in [-0.25, -0.2) is 0 Å². The summed E-state index contributed by atoms with van der Waals surface area (Å²) in [6.07, 6.45) is -0.403. The van der Waals surface area contributed by atoms with Crippen LogP contribution >= 0.6 is 23.2 Å². The van der Waals surface area contributed by atoms with E-state index in [-0.39, 0.29) is 6.61 Å². The van der Waals surface area contributed by atoms with E-state index in [4.69, 9.17) is 33.0 Å². The maximum atomic E-state index is 9.06. The average Bonchev–Trinajstić information content (AvgIpc) is 2.12. The second-order valence-corrected chi connectivity index (χ2v) is 4.20. The van der Waals surface area contributed by atoms with Crippen molar-refractivity contribution in [2.45, 2.75) is 6.23 Å². The number of hydrogen-bond donors (Lipinski definition) is 1. The third-order valence-electron chi connectivity index (χ3n) is 1.84. The lowest BCUT2D eigenvalue weighted by atomic mass is 10.3. The van der Waals surface area contributed by atoms with Crippen molar-refractivity contribution in [1.82, 2.24) is 4.90 Å². The van der Waals surface area contributed by atoms with Crippen molar-refractivity contribution in [3.8, 4) is 5.75 Å². The first kappa shape index (κ1) is 12.6. The Kier molecular flexibility index (Phi) is 4.67. The van der Waals surface area contributed by atoms with Crippen molar-refractivity contribution in [2.75, 3.05) is 20.7 Å². The van der Waals surface area contributed by atoms with Crippen molar-refractivity contribution in [3.63, 3.8) is 0 Å². The predicted octanol–water partition coefficient (Wildman–Crippen LogP) is 2.25. The Bertz CT molecular complexity index is 311. The van der Waals surface area contributed by atoms with Crippen LogP contribution in [0.2, 0.25) is 10.0 Å². The third-order valence-corrected chi connectivity index (χ3v) is 2.28. The number of nitrogens with zero attached hydrogens (tertiary/aromatic N) is 1. The summed E-state index contributed by atoms with van der Waals surface area (Å²) >= 11 is 11.6. The van der Waals surface area contributed by atoms with E-state index < -0.39 is 6.23 Å². The maximum absolute atomic E-state index is 9.06. The van der Waals surface area contributed by atoms with E-state index in [0.717, 1.165) is 0 Å². The molecule has 3 nitrogen and oxygen atoms in total. The number of ether oxygens (including phenoxy) is 1. The fourth-order valence-electron chi connectivity index (χ4n) is 1.06. The molecule has 0 saturated carbocycles. The Morgan fingerprint density at radius 3 is 2.20 bits per heavy atom. The molecule has 1 N–H and O–H groups in total. The van der Waals surface area contributed by atoms with Gasteiger partial charge < -0.3 is 9.84 Å². The van der Waals surface area contributed by atoms with E-state index in [2.05, 4.69) is 0 Å². The molecule has 1 aromatic rings. The SMILES string of the molecule is CN(C)C(CO)Oc1cc(Cl)cc(Cl)c1. The van der Waals surface area contributed by atoms with Gasteiger partial charge in [-0.2, -0.15) is 0 Å². The quantitative estimate of drug-likeness (QED) is 0.832. The monoisotopic (exact) mass is 249 g/mol. The fraction of sp³-hybridized carbons (Fsp3) is 0.400. The van der Waals surface area contributed by atoms with Crippen molar-refractivity contribution in [1.29, 1.82) is 0 Å². The largest absolute Gasteiger partial charge is 0.473 e. The smallest absolute Gasteiger partial charge is 0.175 e. The molecule has 84 valence electrons. The third kappa shape index (κ3) is 3.87. The lowest BCUT2D eigenvalue weighted by Gasteiger charge is -2.23. The van der Waals surface area contributed by atoms with E-state index in [1.807, 2.05) is 14.1 Å². The zero-order valence-corrected chi connectivity index (χ0v) is 10.1. The van der Waals surface area contributed by atoms with E-state index >= 15 is 0 Å². The molecule has 0 spiro atoms. The Morgan fingerprint density at radius 1 is 1.27 bits per heavy atom. The molecule has 0 radical (unpaired) electrons. The number of halogens is 2. The molecule has 0 aliphatic carbocycles. The zero-order chi connectivity index (χ0) is 11.4. The first-order chi connectivity index (χ1) is 7.02. The summed E-state index contributed by atoms with van der Waals surface area (Å²) in [7, 11) is 3.63. The lowest BCUT2D eigenvalue weighted by molar-refractivity contribution is 0.0139. The Labute approximate surface area is 99.2 Å². The molecular weight excluding hydrogens is 237 g/mol. The van der Waals surface area contributed by atoms with Gasteiger partial charge in [0.15, 0.2) is 6.23 Å². The van der Waals surface area contributed by atoms with Crippen LogP contribution in [0.4, 0.5) is 0 Å². The summed E-state index contributed by atoms with van der Waals surface area (Å²) in [5.74, 6) is 0.542. The standard InChI is InChI=1S/C10H13Cl2NO2/c1-13(2)10(6-14)15-9-4-7(11)3-8(12)5-9/h3-5,10,14H,6H2,1-2H3. The van der Waals surface area contributed by atoms with Crippen LogP contribution in [0, 0.1) is 0 Å². The second kappa shape index (κ2) is 5.56. The number of benzene rings is 1. The molecule has 0 fully saturated rings. The van der Waals surface area contributed by atoms with E-state index in [1.165, 1.54) is 0 Å². The van der Waals surface area contributed by atoms with Gasteiger partial charge in [0.25, 0.3) is 0 Å². The van der Waals surface area contributed by atoms with Gasteiger partial charge in [0.1, 0.15) is 5.75 Å². The highest BCUT2D eigenvalue weighted by Gasteiger charge is 2.12. The van der Waals surface area contributed by atoms with Crippen LogP contribution in [0.1, 0.15) is 0 Å². The summed E-state index contributed by atoms with van der Waals surface area (Å²) in [6, 6.07) is 4.93. The van der Waals surface area contributed by atoms with Crippen LogP contribution in [0.3, 0.4) is 0 Å². The minimum Gasteiger partial charge on any atom is -0.473 e. The van der Waals surface area contributed by atoms with Gasteiger partial charge >= 0.3 is 0 Å². The van der Waals surface area contributed by atoms with E-state index in [0.29, 0.717) is 15.8 Å².